The van der Waals surface area contributed by atoms with Crippen LogP contribution in [0.4, 0.5) is 4.79 Å². The van der Waals surface area contributed by atoms with Gasteiger partial charge in [-0.05, 0) is 57.5 Å². The van der Waals surface area contributed by atoms with Crippen LogP contribution in [0.1, 0.15) is 51.4 Å². The van der Waals surface area contributed by atoms with Gasteiger partial charge in [0.1, 0.15) is 0 Å². The minimum absolute atomic E-state index is 0.341. The lowest BCUT2D eigenvalue weighted by atomic mass is 9.97. The van der Waals surface area contributed by atoms with Crippen LogP contribution in [0.3, 0.4) is 0 Å². The van der Waals surface area contributed by atoms with E-state index in [0.717, 1.165) is 32.7 Å². The van der Waals surface area contributed by atoms with Crippen molar-refractivity contribution < 1.29 is 4.79 Å². The molecule has 2 saturated heterocycles. The first kappa shape index (κ1) is 14.2. The maximum absolute atomic E-state index is 12.8. The van der Waals surface area contributed by atoms with Gasteiger partial charge in [-0.1, -0.05) is 12.8 Å². The van der Waals surface area contributed by atoms with E-state index in [0.29, 0.717) is 18.0 Å². The number of hydrogen-bond acceptors (Lipinski definition) is 2. The number of likely N-dealkylation sites (tertiary alicyclic amines) is 1. The highest BCUT2D eigenvalue weighted by molar-refractivity contribution is 5.75. The fraction of sp³-hybridized carbons (Fsp3) is 0.938. The lowest BCUT2D eigenvalue weighted by molar-refractivity contribution is 0.137. The topological polar surface area (TPSA) is 35.6 Å². The second-order valence-corrected chi connectivity index (χ2v) is 6.76. The molecule has 20 heavy (non-hydrogen) atoms. The molecule has 3 fully saturated rings. The third kappa shape index (κ3) is 3.66. The summed E-state index contributed by atoms with van der Waals surface area (Å²) in [6, 6.07) is 0.897. The Morgan fingerprint density at radius 3 is 2.25 bits per heavy atom. The molecule has 0 radical (unpaired) electrons. The van der Waals surface area contributed by atoms with Gasteiger partial charge in [0, 0.05) is 25.7 Å². The summed E-state index contributed by atoms with van der Waals surface area (Å²) >= 11 is 0. The minimum atomic E-state index is 0.341. The van der Waals surface area contributed by atoms with Crippen molar-refractivity contribution in [3.05, 3.63) is 0 Å². The molecule has 0 aromatic carbocycles. The molecule has 0 spiro atoms. The molecule has 2 aliphatic heterocycles. The average Bonchev–Trinajstić information content (AvgIpc) is 3.31. The van der Waals surface area contributed by atoms with Gasteiger partial charge in [0.05, 0.1) is 0 Å². The molecule has 4 nitrogen and oxygen atoms in total. The molecule has 1 saturated carbocycles. The van der Waals surface area contributed by atoms with Crippen molar-refractivity contribution in [3.63, 3.8) is 0 Å². The second kappa shape index (κ2) is 6.79. The molecule has 0 atom stereocenters. The smallest absolute Gasteiger partial charge is 0.320 e. The molecule has 2 heterocycles. The largest absolute Gasteiger partial charge is 0.325 e. The average molecular weight is 279 g/mol. The summed E-state index contributed by atoms with van der Waals surface area (Å²) in [5.74, 6) is 0.716. The number of hydrogen-bond donors (Lipinski definition) is 1. The summed E-state index contributed by atoms with van der Waals surface area (Å²) in [6.07, 6.45) is 9.89. The van der Waals surface area contributed by atoms with Gasteiger partial charge in [-0.15, -0.1) is 0 Å². The first-order chi connectivity index (χ1) is 9.84. The van der Waals surface area contributed by atoms with Crippen LogP contribution in [0.15, 0.2) is 0 Å². The van der Waals surface area contributed by atoms with Gasteiger partial charge in [0.25, 0.3) is 0 Å². The predicted octanol–water partition coefficient (Wildman–Crippen LogP) is 2.45. The zero-order chi connectivity index (χ0) is 13.8. The molecule has 3 aliphatic rings. The normalized spacial score (nSPS) is 25.3. The minimum Gasteiger partial charge on any atom is -0.325 e. The second-order valence-electron chi connectivity index (χ2n) is 6.76. The highest BCUT2D eigenvalue weighted by atomic mass is 16.2. The zero-order valence-corrected chi connectivity index (χ0v) is 12.6. The predicted molar refractivity (Wildman–Crippen MR) is 80.8 cm³/mol. The van der Waals surface area contributed by atoms with Gasteiger partial charge in [0.2, 0.25) is 0 Å². The van der Waals surface area contributed by atoms with Crippen molar-refractivity contribution in [2.75, 3.05) is 32.7 Å². The van der Waals surface area contributed by atoms with Crippen molar-refractivity contribution in [2.24, 2.45) is 5.92 Å². The lowest BCUT2D eigenvalue weighted by Gasteiger charge is -2.34. The molecule has 1 N–H and O–H groups in total. The van der Waals surface area contributed by atoms with E-state index < -0.39 is 0 Å². The number of urea groups is 1. The molecule has 3 rings (SSSR count). The van der Waals surface area contributed by atoms with Crippen LogP contribution in [-0.2, 0) is 0 Å². The number of amides is 2. The molecule has 0 unspecified atom stereocenters. The number of piperidine rings is 1. The molecular weight excluding hydrogens is 250 g/mol. The fourth-order valence-corrected chi connectivity index (χ4v) is 3.56. The quantitative estimate of drug-likeness (QED) is 0.861. The maximum Gasteiger partial charge on any atom is 0.320 e. The number of nitrogens with zero attached hydrogens (tertiary/aromatic N) is 2. The standard InChI is InChI=1S/C16H29N3O/c20-16(18-11-3-1-2-4-12-18)19(15-5-6-15)13-14-7-9-17-10-8-14/h14-15,17H,1-13H2. The van der Waals surface area contributed by atoms with Gasteiger partial charge >= 0.3 is 6.03 Å². The highest BCUT2D eigenvalue weighted by Crippen LogP contribution is 2.30. The van der Waals surface area contributed by atoms with Gasteiger partial charge in [-0.3, -0.25) is 0 Å². The van der Waals surface area contributed by atoms with E-state index in [2.05, 4.69) is 15.1 Å². The Labute approximate surface area is 122 Å². The number of nitrogens with one attached hydrogen (secondary N) is 1. The molecule has 0 aromatic rings. The van der Waals surface area contributed by atoms with E-state index in [9.17, 15) is 4.79 Å². The van der Waals surface area contributed by atoms with E-state index >= 15 is 0 Å². The van der Waals surface area contributed by atoms with Crippen LogP contribution in [0.5, 0.6) is 0 Å². The Morgan fingerprint density at radius 1 is 1.00 bits per heavy atom. The molecule has 4 heteroatoms. The molecule has 2 amide bonds. The SMILES string of the molecule is O=C(N1CCCCCC1)N(CC1CCNCC1)C1CC1. The van der Waals surface area contributed by atoms with Crippen LogP contribution in [-0.4, -0.2) is 54.6 Å². The van der Waals surface area contributed by atoms with Crippen molar-refractivity contribution in [1.29, 1.82) is 0 Å². The molecule has 0 aromatic heterocycles. The molecule has 114 valence electrons. The van der Waals surface area contributed by atoms with E-state index in [1.54, 1.807) is 0 Å². The first-order valence-corrected chi connectivity index (χ1v) is 8.61. The van der Waals surface area contributed by atoms with Crippen molar-refractivity contribution in [2.45, 2.75) is 57.4 Å². The van der Waals surface area contributed by atoms with Crippen LogP contribution in [0.25, 0.3) is 0 Å². The fourth-order valence-electron chi connectivity index (χ4n) is 3.56. The van der Waals surface area contributed by atoms with Crippen LogP contribution in [0.2, 0.25) is 0 Å². The molecular formula is C16H29N3O. The van der Waals surface area contributed by atoms with E-state index in [1.807, 2.05) is 0 Å². The Balaban J connectivity index is 1.58. The third-order valence-electron chi connectivity index (χ3n) is 5.02. The van der Waals surface area contributed by atoms with E-state index in [4.69, 9.17) is 0 Å². The summed E-state index contributed by atoms with van der Waals surface area (Å²) in [7, 11) is 0. The van der Waals surface area contributed by atoms with Gasteiger partial charge in [-0.2, -0.15) is 0 Å². The van der Waals surface area contributed by atoms with E-state index in [1.165, 1.54) is 51.4 Å². The summed E-state index contributed by atoms with van der Waals surface area (Å²) < 4.78 is 0. The van der Waals surface area contributed by atoms with E-state index in [-0.39, 0.29) is 0 Å². The highest BCUT2D eigenvalue weighted by Gasteiger charge is 2.36. The van der Waals surface area contributed by atoms with Crippen molar-refractivity contribution in [3.8, 4) is 0 Å². The summed E-state index contributed by atoms with van der Waals surface area (Å²) in [5, 5.41) is 3.42. The zero-order valence-electron chi connectivity index (χ0n) is 12.6. The number of carbonyl (C=O) groups excluding carboxylic acids is 1. The number of carbonyl (C=O) groups is 1. The monoisotopic (exact) mass is 279 g/mol. The van der Waals surface area contributed by atoms with Crippen molar-refractivity contribution >= 4 is 6.03 Å². The Kier molecular flexibility index (Phi) is 4.81. The number of rotatable bonds is 3. The van der Waals surface area contributed by atoms with Crippen molar-refractivity contribution in [1.82, 2.24) is 15.1 Å². The van der Waals surface area contributed by atoms with Gasteiger partial charge < -0.3 is 15.1 Å². The molecule has 0 bridgehead atoms. The Hall–Kier alpha value is -0.770. The lowest BCUT2D eigenvalue weighted by Crippen LogP contribution is -2.47. The maximum atomic E-state index is 12.8. The van der Waals surface area contributed by atoms with Gasteiger partial charge in [-0.25, -0.2) is 4.79 Å². The Morgan fingerprint density at radius 2 is 1.65 bits per heavy atom. The first-order valence-electron chi connectivity index (χ1n) is 8.61. The van der Waals surface area contributed by atoms with Gasteiger partial charge in [0.15, 0.2) is 0 Å². The summed E-state index contributed by atoms with van der Waals surface area (Å²) in [6.45, 7) is 5.21. The Bertz CT molecular complexity index is 316. The van der Waals surface area contributed by atoms with Crippen LogP contribution >= 0.6 is 0 Å². The van der Waals surface area contributed by atoms with Crippen LogP contribution in [0, 0.1) is 5.92 Å². The summed E-state index contributed by atoms with van der Waals surface area (Å²) in [5.41, 5.74) is 0. The summed E-state index contributed by atoms with van der Waals surface area (Å²) in [4.78, 5) is 17.2. The third-order valence-corrected chi connectivity index (χ3v) is 5.02. The molecule has 1 aliphatic carbocycles. The van der Waals surface area contributed by atoms with Crippen LogP contribution < -0.4 is 5.32 Å².